The molecule has 0 spiro atoms. The van der Waals surface area contributed by atoms with Crippen molar-refractivity contribution < 1.29 is 14.7 Å². The summed E-state index contributed by atoms with van der Waals surface area (Å²) in [5.74, 6) is -1.54. The summed E-state index contributed by atoms with van der Waals surface area (Å²) in [6.45, 7) is 3.90. The summed E-state index contributed by atoms with van der Waals surface area (Å²) < 4.78 is 0. The Balaban J connectivity index is 2.09. The Morgan fingerprint density at radius 1 is 1.12 bits per heavy atom. The smallest absolute Gasteiger partial charge is 0.329 e. The zero-order valence-corrected chi connectivity index (χ0v) is 14.6. The third-order valence-corrected chi connectivity index (χ3v) is 4.52. The summed E-state index contributed by atoms with van der Waals surface area (Å²) in [4.78, 5) is 29.9. The van der Waals surface area contributed by atoms with Gasteiger partial charge in [0.25, 0.3) is 5.91 Å². The Labute approximate surface area is 149 Å². The lowest BCUT2D eigenvalue weighted by molar-refractivity contribution is -0.131. The van der Waals surface area contributed by atoms with Gasteiger partial charge in [-0.3, -0.25) is 9.69 Å². The van der Waals surface area contributed by atoms with Crippen LogP contribution >= 0.6 is 11.8 Å². The topological polar surface area (TPSA) is 70.0 Å². The third-order valence-electron chi connectivity index (χ3n) is 3.55. The highest BCUT2D eigenvalue weighted by Gasteiger charge is 2.35. The first kappa shape index (κ1) is 17.0. The predicted molar refractivity (Wildman–Crippen MR) is 100 cm³/mol. The van der Waals surface area contributed by atoms with Crippen LogP contribution in [0, 0.1) is 13.8 Å². The molecule has 2 aromatic carbocycles. The Hall–Kier alpha value is -2.86. The normalized spacial score (nSPS) is 17.5. The van der Waals surface area contributed by atoms with E-state index < -0.39 is 5.97 Å². The van der Waals surface area contributed by atoms with Crippen molar-refractivity contribution in [3.8, 4) is 0 Å². The minimum absolute atomic E-state index is 0.139. The molecule has 1 aliphatic rings. The second-order valence-corrected chi connectivity index (χ2v) is 6.67. The van der Waals surface area contributed by atoms with Crippen molar-refractivity contribution in [2.24, 2.45) is 4.99 Å². The molecule has 3 rings (SSSR count). The van der Waals surface area contributed by atoms with E-state index in [0.29, 0.717) is 16.5 Å². The van der Waals surface area contributed by atoms with E-state index in [-0.39, 0.29) is 10.8 Å². The van der Waals surface area contributed by atoms with Crippen LogP contribution in [-0.4, -0.2) is 22.2 Å². The standard InChI is InChI=1S/C19H16N2O3S/c1-12-5-3-7-14(9-12)20-19-21(15-8-4-6-13(2)10-15)18(24)16(25-19)11-17(22)23/h3-11H,1-2H3,(H,22,23)/b16-11-,20-19?. The van der Waals surface area contributed by atoms with Crippen LogP contribution in [0.15, 0.2) is 64.5 Å². The summed E-state index contributed by atoms with van der Waals surface area (Å²) in [6, 6.07) is 15.1. The molecule has 0 bridgehead atoms. The largest absolute Gasteiger partial charge is 0.478 e. The van der Waals surface area contributed by atoms with Crippen LogP contribution in [0.4, 0.5) is 11.4 Å². The van der Waals surface area contributed by atoms with E-state index in [2.05, 4.69) is 4.99 Å². The van der Waals surface area contributed by atoms with E-state index in [1.54, 1.807) is 6.07 Å². The molecule has 2 aromatic rings. The first-order chi connectivity index (χ1) is 11.9. The van der Waals surface area contributed by atoms with Crippen molar-refractivity contribution in [1.29, 1.82) is 0 Å². The average Bonchev–Trinajstić information content (AvgIpc) is 2.82. The summed E-state index contributed by atoms with van der Waals surface area (Å²) in [5.41, 5.74) is 3.43. The van der Waals surface area contributed by atoms with Crippen LogP contribution in [0.3, 0.4) is 0 Å². The maximum absolute atomic E-state index is 12.7. The lowest BCUT2D eigenvalue weighted by atomic mass is 10.2. The molecule has 0 atom stereocenters. The van der Waals surface area contributed by atoms with Gasteiger partial charge in [-0.25, -0.2) is 9.79 Å². The Kier molecular flexibility index (Phi) is 4.72. The number of amides is 1. The zero-order valence-electron chi connectivity index (χ0n) is 13.8. The second kappa shape index (κ2) is 6.94. The number of carboxylic acid groups (broad SMARTS) is 1. The van der Waals surface area contributed by atoms with Gasteiger partial charge in [0.05, 0.1) is 16.3 Å². The van der Waals surface area contributed by atoms with Gasteiger partial charge in [0, 0.05) is 6.08 Å². The summed E-state index contributed by atoms with van der Waals surface area (Å²) in [6.07, 6.45) is 0.925. The number of carbonyl (C=O) groups is 2. The van der Waals surface area contributed by atoms with E-state index in [1.807, 2.05) is 56.3 Å². The van der Waals surface area contributed by atoms with E-state index in [9.17, 15) is 9.59 Å². The number of thioether (sulfide) groups is 1. The summed E-state index contributed by atoms with van der Waals surface area (Å²) >= 11 is 1.06. The average molecular weight is 352 g/mol. The molecular formula is C19H16N2O3S. The second-order valence-electron chi connectivity index (χ2n) is 5.66. The number of benzene rings is 2. The Morgan fingerprint density at radius 3 is 2.44 bits per heavy atom. The van der Waals surface area contributed by atoms with E-state index >= 15 is 0 Å². The molecule has 25 heavy (non-hydrogen) atoms. The van der Waals surface area contributed by atoms with Gasteiger partial charge in [0.2, 0.25) is 0 Å². The molecule has 1 fully saturated rings. The van der Waals surface area contributed by atoms with Crippen LogP contribution in [0.2, 0.25) is 0 Å². The molecule has 5 nitrogen and oxygen atoms in total. The quantitative estimate of drug-likeness (QED) is 0.847. The van der Waals surface area contributed by atoms with Gasteiger partial charge < -0.3 is 5.11 Å². The molecule has 0 aliphatic carbocycles. The Bertz CT molecular complexity index is 918. The van der Waals surface area contributed by atoms with Gasteiger partial charge in [0.1, 0.15) is 0 Å². The molecule has 6 heteroatoms. The first-order valence-electron chi connectivity index (χ1n) is 7.63. The highest BCUT2D eigenvalue weighted by molar-refractivity contribution is 8.19. The van der Waals surface area contributed by atoms with Crippen molar-refractivity contribution in [1.82, 2.24) is 0 Å². The number of carbonyl (C=O) groups excluding carboxylic acids is 1. The monoisotopic (exact) mass is 352 g/mol. The predicted octanol–water partition coefficient (Wildman–Crippen LogP) is 4.04. The number of aliphatic imine (C=N–C) groups is 1. The van der Waals surface area contributed by atoms with Crippen molar-refractivity contribution in [2.45, 2.75) is 13.8 Å². The fraction of sp³-hybridized carbons (Fsp3) is 0.105. The number of anilines is 1. The molecule has 0 radical (unpaired) electrons. The molecule has 1 aliphatic heterocycles. The minimum atomic E-state index is -1.16. The van der Waals surface area contributed by atoms with Crippen LogP contribution in [-0.2, 0) is 9.59 Å². The number of aryl methyl sites for hydroxylation is 2. The van der Waals surface area contributed by atoms with Crippen molar-refractivity contribution in [3.05, 3.63) is 70.6 Å². The molecule has 1 amide bonds. The molecule has 1 saturated heterocycles. The van der Waals surface area contributed by atoms with Crippen LogP contribution in [0.5, 0.6) is 0 Å². The maximum atomic E-state index is 12.7. The molecule has 1 N–H and O–H groups in total. The number of amidine groups is 1. The van der Waals surface area contributed by atoms with Crippen molar-refractivity contribution in [2.75, 3.05) is 4.90 Å². The third kappa shape index (κ3) is 3.80. The number of nitrogens with zero attached hydrogens (tertiary/aromatic N) is 2. The van der Waals surface area contributed by atoms with Crippen LogP contribution in [0.1, 0.15) is 11.1 Å². The van der Waals surface area contributed by atoms with Gasteiger partial charge in [-0.05, 0) is 61.0 Å². The maximum Gasteiger partial charge on any atom is 0.329 e. The van der Waals surface area contributed by atoms with Gasteiger partial charge in [-0.15, -0.1) is 0 Å². The lowest BCUT2D eigenvalue weighted by Gasteiger charge is -2.16. The number of hydrogen-bond donors (Lipinski definition) is 1. The van der Waals surface area contributed by atoms with Crippen LogP contribution in [0.25, 0.3) is 0 Å². The van der Waals surface area contributed by atoms with Gasteiger partial charge in [0.15, 0.2) is 5.17 Å². The lowest BCUT2D eigenvalue weighted by Crippen LogP contribution is -2.28. The van der Waals surface area contributed by atoms with Gasteiger partial charge in [-0.1, -0.05) is 24.3 Å². The molecule has 1 heterocycles. The van der Waals surface area contributed by atoms with E-state index in [1.165, 1.54) is 4.90 Å². The van der Waals surface area contributed by atoms with Gasteiger partial charge >= 0.3 is 5.97 Å². The fourth-order valence-electron chi connectivity index (χ4n) is 2.46. The SMILES string of the molecule is Cc1cccc(N=C2S/C(=C\C(=O)O)C(=O)N2c2cccc(C)c2)c1. The summed E-state index contributed by atoms with van der Waals surface area (Å²) in [5, 5.41) is 9.44. The molecule has 0 unspecified atom stereocenters. The zero-order chi connectivity index (χ0) is 18.0. The number of aliphatic carboxylic acids is 1. The Morgan fingerprint density at radius 2 is 1.80 bits per heavy atom. The highest BCUT2D eigenvalue weighted by atomic mass is 32.2. The minimum Gasteiger partial charge on any atom is -0.478 e. The van der Waals surface area contributed by atoms with Crippen molar-refractivity contribution >= 4 is 40.2 Å². The number of carboxylic acids is 1. The first-order valence-corrected chi connectivity index (χ1v) is 8.44. The van der Waals surface area contributed by atoms with Crippen molar-refractivity contribution in [3.63, 3.8) is 0 Å². The van der Waals surface area contributed by atoms with E-state index in [4.69, 9.17) is 5.11 Å². The fourth-order valence-corrected chi connectivity index (χ4v) is 3.43. The van der Waals surface area contributed by atoms with Gasteiger partial charge in [-0.2, -0.15) is 0 Å². The number of rotatable bonds is 3. The molecule has 126 valence electrons. The molecule has 0 saturated carbocycles. The highest BCUT2D eigenvalue weighted by Crippen LogP contribution is 2.36. The van der Waals surface area contributed by atoms with E-state index in [0.717, 1.165) is 29.0 Å². The summed E-state index contributed by atoms with van der Waals surface area (Å²) in [7, 11) is 0. The number of hydrogen-bond acceptors (Lipinski definition) is 4. The molecular weight excluding hydrogens is 336 g/mol. The molecule has 0 aromatic heterocycles. The van der Waals surface area contributed by atoms with Crippen LogP contribution < -0.4 is 4.90 Å².